The topological polar surface area (TPSA) is 362 Å². The smallest absolute Gasteiger partial charge is 0.233 e. The first-order chi connectivity index (χ1) is 62.9. The number of aromatic hydroxyl groups is 1. The average Bonchev–Trinajstić information content (AvgIpc) is 1.23. The molecule has 6 N–H and O–H groups in total. The summed E-state index contributed by atoms with van der Waals surface area (Å²) in [5.41, 5.74) is 4.64. The van der Waals surface area contributed by atoms with Gasteiger partial charge in [-0.2, -0.15) is 10.2 Å². The van der Waals surface area contributed by atoms with Crippen molar-refractivity contribution in [3.05, 3.63) is 158 Å². The summed E-state index contributed by atoms with van der Waals surface area (Å²) in [7, 11) is 8.32. The van der Waals surface area contributed by atoms with Crippen LogP contribution in [0.5, 0.6) is 40.6 Å². The molecule has 16 rings (SSSR count). The second kappa shape index (κ2) is 43.4. The van der Waals surface area contributed by atoms with Gasteiger partial charge in [-0.25, -0.2) is 37.5 Å². The first-order valence-electron chi connectivity index (χ1n) is 43.0. The van der Waals surface area contributed by atoms with Gasteiger partial charge >= 0.3 is 0 Å². The van der Waals surface area contributed by atoms with E-state index in [0.717, 1.165) is 41.9 Å². The van der Waals surface area contributed by atoms with Gasteiger partial charge in [0.05, 0.1) is 16.1 Å². The fraction of sp³-hybridized carbons (Fsp3) is 0.474. The number of pyridine rings is 4. The van der Waals surface area contributed by atoms with Gasteiger partial charge in [0.25, 0.3) is 0 Å². The number of methoxy groups -OCH3 is 3. The summed E-state index contributed by atoms with van der Waals surface area (Å²) in [4.78, 5) is 17.7. The second-order valence-corrected chi connectivity index (χ2v) is 41.1. The Morgan fingerprint density at radius 3 is 1.05 bits per heavy atom. The molecule has 0 saturated carbocycles. The average molecular weight is 2060 g/mol. The minimum atomic E-state index is -1.22. The predicted octanol–water partition coefficient (Wildman–Crippen LogP) is 19.2. The normalized spacial score (nSPS) is 21.2. The summed E-state index contributed by atoms with van der Waals surface area (Å²) in [5.74, 6) is 2.21. The van der Waals surface area contributed by atoms with E-state index in [1.807, 2.05) is 148 Å². The maximum atomic E-state index is 15.2. The molecule has 726 valence electrons. The number of fused-ring (bicyclic) bond motifs is 2. The van der Waals surface area contributed by atoms with E-state index in [4.69, 9.17) is 77.4 Å². The fourth-order valence-corrected chi connectivity index (χ4v) is 18.6. The quantitative estimate of drug-likeness (QED) is 0.0287. The van der Waals surface area contributed by atoms with Gasteiger partial charge in [0, 0.05) is 185 Å². The molecular weight excluding hydrogens is 1940 g/mol. The van der Waals surface area contributed by atoms with Gasteiger partial charge in [0.2, 0.25) is 17.6 Å². The van der Waals surface area contributed by atoms with Crippen LogP contribution in [0.3, 0.4) is 0 Å². The van der Waals surface area contributed by atoms with E-state index in [0.29, 0.717) is 109 Å². The molecule has 8 atom stereocenters. The third kappa shape index (κ3) is 26.9. The number of halogens is 9. The summed E-state index contributed by atoms with van der Waals surface area (Å²) in [5, 5.41) is 78.1. The van der Waals surface area contributed by atoms with E-state index in [9.17, 15) is 19.0 Å². The van der Waals surface area contributed by atoms with E-state index in [2.05, 4.69) is 124 Å². The Morgan fingerprint density at radius 2 is 0.719 bits per heavy atom. The Kier molecular flexibility index (Phi) is 34.0. The van der Waals surface area contributed by atoms with Crippen molar-refractivity contribution < 1.29 is 70.4 Å². The van der Waals surface area contributed by atoms with Gasteiger partial charge in [0.1, 0.15) is 86.8 Å². The van der Waals surface area contributed by atoms with Crippen molar-refractivity contribution in [3.8, 4) is 108 Å². The summed E-state index contributed by atoms with van der Waals surface area (Å²) >= 11 is 25.3. The minimum Gasteiger partial charge on any atom is -0.506 e. The number of aromatic nitrogens is 16. The Balaban J connectivity index is 0.000000170. The van der Waals surface area contributed by atoms with Crippen LogP contribution in [0.25, 0.3) is 89.6 Å². The zero-order valence-corrected chi connectivity index (χ0v) is 83.8. The Morgan fingerprint density at radius 1 is 0.400 bits per heavy atom. The monoisotopic (exact) mass is 2050 g/mol. The first-order valence-corrected chi connectivity index (χ1v) is 45.7. The second-order valence-electron chi connectivity index (χ2n) is 38.1. The molecular formula is C95H117Br2Cl3F4N20O11. The molecule has 0 aliphatic carbocycles. The molecule has 10 aromatic heterocycles. The van der Waals surface area contributed by atoms with Crippen LogP contribution in [0, 0.1) is 0 Å². The van der Waals surface area contributed by atoms with Gasteiger partial charge in [-0.05, 0) is 239 Å². The Hall–Kier alpha value is -9.87. The van der Waals surface area contributed by atoms with Crippen molar-refractivity contribution in [3.63, 3.8) is 0 Å². The summed E-state index contributed by atoms with van der Waals surface area (Å²) in [6, 6.07) is 28.0. The molecule has 2 aromatic carbocycles. The molecule has 14 heterocycles. The molecule has 40 heteroatoms. The molecule has 135 heavy (non-hydrogen) atoms. The third-order valence-electron chi connectivity index (χ3n) is 22.3. The molecule has 0 spiro atoms. The van der Waals surface area contributed by atoms with Crippen LogP contribution in [0.2, 0.25) is 15.2 Å². The number of alkyl halides is 4. The van der Waals surface area contributed by atoms with Crippen molar-refractivity contribution in [2.24, 2.45) is 14.1 Å². The third-order valence-corrected chi connectivity index (χ3v) is 23.9. The molecule has 31 nitrogen and oxygen atoms in total. The standard InChI is InChI=1S/C28H32ClFN6O3.C26H28ClFN6O2.C20H26BrFN4O3.C11H9BrClN3O2.C9H18FNO.CH4/c1-27(2)12-22(26(30)28(3,4)35-27)39-23-8-7-20(32-33-23)25-21(38-15-37-6)11-17(13-31-25)16-9-18-14-36(5)34-24(18)19(29)10-16;1-25(2)11-20(24(28)26(3,4)33-25)36-21-7-6-18(30-31-21)23-19(35)10-15(12-29-23)14-8-16-13-34(5)32-22(16)17(27)9-14;1-19(2)9-15(18(22)20(3,4)26-19)29-16-7-6-13(24-25-16)17-14(28-11-27-5)8-12(21)10-23-17;1-17-6-18-9-4-7(12)5-14-11(9)8-2-3-10(13)16-15-8;1-8(2)5-6(12)7(10)9(3,4)11-8;/h7-11,13-14,22,26,35H,12,15H2,1-6H3;6-10,12-13,20,24,33,35H,11H2,1-5H3;6-8,10,15,18,26H,9,11H2,1-5H3;2-5H,6H2,1H3;6-7,11-12H,5H2,1-4H3;1H4/t22-,26-;20-,24-;15-,18-;;6-,7-;/m000.0./s1. The van der Waals surface area contributed by atoms with Crippen molar-refractivity contribution in [1.82, 2.24) is 102 Å². The van der Waals surface area contributed by atoms with Crippen molar-refractivity contribution in [2.45, 2.75) is 237 Å². The number of nitrogens with one attached hydrogen (secondary N) is 4. The van der Waals surface area contributed by atoms with Crippen LogP contribution in [-0.2, 0) is 28.3 Å². The van der Waals surface area contributed by atoms with Crippen LogP contribution in [-0.4, -0.2) is 226 Å². The van der Waals surface area contributed by atoms with E-state index >= 15 is 8.78 Å². The van der Waals surface area contributed by atoms with E-state index in [1.54, 1.807) is 142 Å². The lowest BCUT2D eigenvalue weighted by atomic mass is 9.79. The number of ether oxygens (including phenoxy) is 9. The first kappa shape index (κ1) is 106. The zero-order valence-electron chi connectivity index (χ0n) is 78.4. The maximum Gasteiger partial charge on any atom is 0.233 e. The van der Waals surface area contributed by atoms with E-state index < -0.39 is 71.3 Å². The summed E-state index contributed by atoms with van der Waals surface area (Å²) in [6.45, 7) is 30.9. The van der Waals surface area contributed by atoms with Crippen LogP contribution in [0.15, 0.2) is 143 Å². The van der Waals surface area contributed by atoms with Gasteiger partial charge < -0.3 is 74.1 Å². The summed E-state index contributed by atoms with van der Waals surface area (Å²) in [6.07, 6.45) is 4.86. The minimum absolute atomic E-state index is 0. The van der Waals surface area contributed by atoms with Crippen LogP contribution in [0.4, 0.5) is 17.6 Å². The number of aliphatic hydroxyl groups is 1. The zero-order chi connectivity index (χ0) is 97.5. The Bertz CT molecular complexity index is 6040. The fourth-order valence-electron chi connectivity index (χ4n) is 17.3. The van der Waals surface area contributed by atoms with Crippen molar-refractivity contribution in [2.75, 3.05) is 41.7 Å². The van der Waals surface area contributed by atoms with E-state index in [1.165, 1.54) is 0 Å². The predicted molar refractivity (Wildman–Crippen MR) is 519 cm³/mol. The molecule has 12 aromatic rings. The lowest BCUT2D eigenvalue weighted by Gasteiger charge is -2.48. The number of nitrogens with zero attached hydrogens (tertiary/aromatic N) is 16. The molecule has 0 bridgehead atoms. The summed E-state index contributed by atoms with van der Waals surface area (Å²) < 4.78 is 113. The molecule has 4 aliphatic heterocycles. The van der Waals surface area contributed by atoms with Crippen LogP contribution in [0.1, 0.15) is 144 Å². The van der Waals surface area contributed by atoms with Crippen molar-refractivity contribution >= 4 is 88.5 Å². The highest BCUT2D eigenvalue weighted by molar-refractivity contribution is 9.10. The maximum absolute atomic E-state index is 15.2. The number of piperidine rings is 4. The highest BCUT2D eigenvalue weighted by Gasteiger charge is 2.51. The number of aliphatic hydroxyl groups excluding tert-OH is 1. The Labute approximate surface area is 815 Å². The van der Waals surface area contributed by atoms with Gasteiger partial charge in [-0.3, -0.25) is 9.36 Å². The molecule has 4 aliphatic rings. The number of hydrogen-bond acceptors (Lipinski definition) is 29. The van der Waals surface area contributed by atoms with Crippen LogP contribution >= 0.6 is 66.7 Å². The number of hydrogen-bond donors (Lipinski definition) is 6. The molecule has 4 saturated heterocycles. The van der Waals surface area contributed by atoms with Crippen LogP contribution < -0.4 is 49.7 Å². The highest BCUT2D eigenvalue weighted by Crippen LogP contribution is 2.43. The number of rotatable bonds is 21. The lowest BCUT2D eigenvalue weighted by Crippen LogP contribution is -2.66. The largest absolute Gasteiger partial charge is 0.506 e. The number of benzene rings is 2. The molecule has 0 radical (unpaired) electrons. The molecule has 0 amide bonds. The lowest BCUT2D eigenvalue weighted by molar-refractivity contribution is -0.0394. The van der Waals surface area contributed by atoms with Gasteiger partial charge in [-0.15, -0.1) is 40.8 Å². The SMILES string of the molecule is C.CC1(C)C[C@H](O)[C@H](F)C(C)(C)N1.COCOc1cc(-c2cc(Cl)c3nn(C)cc3c2)cnc1-c1ccc(O[C@H]2CC(C)(C)NC(C)(C)[C@H]2F)nn1.COCOc1cc(Br)cnc1-c1ccc(Cl)nn1.COCOc1cc(Br)cnc1-c1ccc(O[C@H]2CC(C)(C)NC(C)(C)[C@H]2F)nn1.Cn1cc2cc(-c3cnc(-c4ccc(O[C@H]5CC(C)(C)NC(C)(C)[C@H]5F)nn4)c(O)c3)cc(Cl)c2n1. The van der Waals surface area contributed by atoms with Gasteiger partial charge in [-0.1, -0.05) is 42.2 Å². The van der Waals surface area contributed by atoms with Gasteiger partial charge in [0.15, 0.2) is 61.3 Å². The van der Waals surface area contributed by atoms with E-state index in [-0.39, 0.29) is 79.0 Å². The number of aryl methyl sites for hydroxylation is 2. The molecule has 0 unspecified atom stereocenters. The highest BCUT2D eigenvalue weighted by atomic mass is 79.9. The molecule has 4 fully saturated rings. The van der Waals surface area contributed by atoms with Crippen molar-refractivity contribution in [1.29, 1.82) is 0 Å².